The van der Waals surface area contributed by atoms with E-state index in [0.29, 0.717) is 6.04 Å². The molecule has 0 spiro atoms. The van der Waals surface area contributed by atoms with Crippen molar-refractivity contribution in [3.8, 4) is 0 Å². The molecule has 0 aliphatic heterocycles. The summed E-state index contributed by atoms with van der Waals surface area (Å²) in [6, 6.07) is 2.47. The first-order valence-corrected chi connectivity index (χ1v) is 7.47. The van der Waals surface area contributed by atoms with Crippen molar-refractivity contribution in [2.24, 2.45) is 0 Å². The molecule has 1 aromatic rings. The third-order valence-electron chi connectivity index (χ3n) is 2.99. The Hall–Kier alpha value is -0.390. The largest absolute Gasteiger partial charge is 0.352 e. The third-order valence-corrected chi connectivity index (χ3v) is 4.67. The van der Waals surface area contributed by atoms with Gasteiger partial charge in [0.15, 0.2) is 0 Å². The van der Waals surface area contributed by atoms with Gasteiger partial charge in [0.1, 0.15) is 0 Å². The molecule has 1 heterocycles. The lowest BCUT2D eigenvalue weighted by atomic mass is 10.2. The summed E-state index contributed by atoms with van der Waals surface area (Å²) in [7, 11) is 1.99. The van der Waals surface area contributed by atoms with E-state index in [4.69, 9.17) is 0 Å². The quantitative estimate of drug-likeness (QED) is 0.905. The van der Waals surface area contributed by atoms with Crippen LogP contribution in [0.5, 0.6) is 0 Å². The first-order chi connectivity index (χ1) is 8.06. The molecule has 0 radical (unpaired) electrons. The van der Waals surface area contributed by atoms with Gasteiger partial charge in [-0.05, 0) is 48.8 Å². The normalized spacial score (nSPS) is 17.2. The van der Waals surface area contributed by atoms with Gasteiger partial charge >= 0.3 is 0 Å². The molecule has 1 atom stereocenters. The molecule has 3 nitrogen and oxygen atoms in total. The average Bonchev–Trinajstić information content (AvgIpc) is 3.00. The van der Waals surface area contributed by atoms with Crippen LogP contribution >= 0.6 is 27.3 Å². The predicted molar refractivity (Wildman–Crippen MR) is 74.1 cm³/mol. The summed E-state index contributed by atoms with van der Waals surface area (Å²) in [5, 5.41) is 5.11. The second kappa shape index (κ2) is 5.50. The van der Waals surface area contributed by atoms with Crippen molar-refractivity contribution in [1.82, 2.24) is 10.2 Å². The summed E-state index contributed by atoms with van der Waals surface area (Å²) in [4.78, 5) is 15.2. The zero-order valence-corrected chi connectivity index (χ0v) is 12.5. The molecule has 0 saturated heterocycles. The molecule has 1 fully saturated rings. The predicted octanol–water partition coefficient (Wildman–Crippen LogP) is 2.61. The Labute approximate surface area is 114 Å². The molecule has 0 aromatic carbocycles. The summed E-state index contributed by atoms with van der Waals surface area (Å²) in [5.41, 5.74) is 0. The number of hydrogen-bond donors (Lipinski definition) is 1. The van der Waals surface area contributed by atoms with Gasteiger partial charge in [0.25, 0.3) is 0 Å². The van der Waals surface area contributed by atoms with Crippen LogP contribution in [0.2, 0.25) is 0 Å². The van der Waals surface area contributed by atoms with Crippen LogP contribution in [-0.4, -0.2) is 29.9 Å². The van der Waals surface area contributed by atoms with Gasteiger partial charge in [0.05, 0.1) is 6.04 Å². The van der Waals surface area contributed by atoms with Gasteiger partial charge in [-0.2, -0.15) is 0 Å². The van der Waals surface area contributed by atoms with Gasteiger partial charge in [0, 0.05) is 27.3 Å². The van der Waals surface area contributed by atoms with Crippen LogP contribution in [0.1, 0.15) is 24.6 Å². The molecule has 1 saturated carbocycles. The molecule has 1 aliphatic carbocycles. The maximum absolute atomic E-state index is 11.9. The lowest BCUT2D eigenvalue weighted by molar-refractivity contribution is -0.125. The number of carbonyl (C=O) groups excluding carboxylic acids is 1. The van der Waals surface area contributed by atoms with E-state index in [1.165, 1.54) is 4.88 Å². The second-order valence-corrected chi connectivity index (χ2v) is 6.52. The number of likely N-dealkylation sites (N-methyl/N-ethyl adjacent to an activating group) is 1. The van der Waals surface area contributed by atoms with Crippen LogP contribution in [0, 0.1) is 0 Å². The van der Waals surface area contributed by atoms with Crippen molar-refractivity contribution >= 4 is 33.2 Å². The number of rotatable bonds is 5. The van der Waals surface area contributed by atoms with Crippen molar-refractivity contribution in [2.75, 3.05) is 7.05 Å². The molecule has 0 bridgehead atoms. The highest BCUT2D eigenvalue weighted by atomic mass is 79.9. The van der Waals surface area contributed by atoms with Crippen molar-refractivity contribution in [3.63, 3.8) is 0 Å². The monoisotopic (exact) mass is 316 g/mol. The number of nitrogens with zero attached hydrogens (tertiary/aromatic N) is 1. The highest BCUT2D eigenvalue weighted by molar-refractivity contribution is 9.10. The van der Waals surface area contributed by atoms with Crippen LogP contribution < -0.4 is 5.32 Å². The minimum absolute atomic E-state index is 0.0727. The fourth-order valence-electron chi connectivity index (χ4n) is 1.57. The molecule has 94 valence electrons. The molecule has 1 N–H and O–H groups in total. The van der Waals surface area contributed by atoms with E-state index >= 15 is 0 Å². The number of carbonyl (C=O) groups is 1. The molecule has 1 aliphatic rings. The number of halogens is 1. The van der Waals surface area contributed by atoms with Crippen LogP contribution in [0.4, 0.5) is 0 Å². The van der Waals surface area contributed by atoms with Gasteiger partial charge in [-0.25, -0.2) is 0 Å². The summed E-state index contributed by atoms with van der Waals surface area (Å²) in [6.07, 6.45) is 2.28. The van der Waals surface area contributed by atoms with Gasteiger partial charge in [-0.15, -0.1) is 11.3 Å². The molecular weight excluding hydrogens is 300 g/mol. The molecule has 1 aromatic heterocycles. The molecule has 0 unspecified atom stereocenters. The topological polar surface area (TPSA) is 32.3 Å². The summed E-state index contributed by atoms with van der Waals surface area (Å²) in [6.45, 7) is 2.77. The zero-order chi connectivity index (χ0) is 12.4. The van der Waals surface area contributed by atoms with E-state index in [1.807, 2.05) is 14.0 Å². The van der Waals surface area contributed by atoms with Gasteiger partial charge in [-0.3, -0.25) is 9.69 Å². The van der Waals surface area contributed by atoms with E-state index in [0.717, 1.165) is 23.9 Å². The van der Waals surface area contributed by atoms with Crippen molar-refractivity contribution < 1.29 is 4.79 Å². The first kappa shape index (κ1) is 13.1. The van der Waals surface area contributed by atoms with Crippen molar-refractivity contribution in [3.05, 3.63) is 20.8 Å². The fraction of sp³-hybridized carbons (Fsp3) is 0.583. The van der Waals surface area contributed by atoms with E-state index in [2.05, 4.69) is 37.6 Å². The van der Waals surface area contributed by atoms with E-state index in [9.17, 15) is 4.79 Å². The highest BCUT2D eigenvalue weighted by Crippen LogP contribution is 2.22. The number of hydrogen-bond acceptors (Lipinski definition) is 3. The minimum atomic E-state index is -0.0727. The molecule has 5 heteroatoms. The molecule has 17 heavy (non-hydrogen) atoms. The number of nitrogens with one attached hydrogen (secondary N) is 1. The lowest BCUT2D eigenvalue weighted by Crippen LogP contribution is -2.43. The Bertz CT molecular complexity index is 403. The van der Waals surface area contributed by atoms with Crippen molar-refractivity contribution in [1.29, 1.82) is 0 Å². The maximum Gasteiger partial charge on any atom is 0.237 e. The number of amides is 1. The SMILES string of the molecule is C[C@H](C(=O)NC1CC1)N(C)Cc1cc(Br)cs1. The molecular formula is C12H17BrN2OS. The van der Waals surface area contributed by atoms with Gasteiger partial charge < -0.3 is 5.32 Å². The van der Waals surface area contributed by atoms with E-state index in [-0.39, 0.29) is 11.9 Å². The third kappa shape index (κ3) is 3.79. The van der Waals surface area contributed by atoms with Crippen LogP contribution in [0.15, 0.2) is 15.9 Å². The smallest absolute Gasteiger partial charge is 0.237 e. The standard InChI is InChI=1S/C12H17BrN2OS/c1-8(12(16)14-10-3-4-10)15(2)6-11-5-9(13)7-17-11/h5,7-8,10H,3-4,6H2,1-2H3,(H,14,16)/t8-/m1/s1. The summed E-state index contributed by atoms with van der Waals surface area (Å²) >= 11 is 5.15. The fourth-order valence-corrected chi connectivity index (χ4v) is 3.08. The Kier molecular flexibility index (Phi) is 4.22. The maximum atomic E-state index is 11.9. The Morgan fingerprint density at radius 3 is 2.94 bits per heavy atom. The van der Waals surface area contributed by atoms with Gasteiger partial charge in [-0.1, -0.05) is 0 Å². The van der Waals surface area contributed by atoms with E-state index in [1.54, 1.807) is 11.3 Å². The highest BCUT2D eigenvalue weighted by Gasteiger charge is 2.27. The molecule has 1 amide bonds. The lowest BCUT2D eigenvalue weighted by Gasteiger charge is -2.23. The second-order valence-electron chi connectivity index (χ2n) is 4.61. The minimum Gasteiger partial charge on any atom is -0.352 e. The van der Waals surface area contributed by atoms with Gasteiger partial charge in [0.2, 0.25) is 5.91 Å². The Morgan fingerprint density at radius 1 is 1.71 bits per heavy atom. The summed E-state index contributed by atoms with van der Waals surface area (Å²) < 4.78 is 1.11. The van der Waals surface area contributed by atoms with Crippen LogP contribution in [0.3, 0.4) is 0 Å². The molecule has 2 rings (SSSR count). The van der Waals surface area contributed by atoms with Crippen LogP contribution in [0.25, 0.3) is 0 Å². The Balaban J connectivity index is 1.85. The average molecular weight is 317 g/mol. The van der Waals surface area contributed by atoms with Crippen molar-refractivity contribution in [2.45, 2.75) is 38.4 Å². The Morgan fingerprint density at radius 2 is 2.41 bits per heavy atom. The van der Waals surface area contributed by atoms with Crippen LogP contribution in [-0.2, 0) is 11.3 Å². The summed E-state index contributed by atoms with van der Waals surface area (Å²) in [5.74, 6) is 0.144. The zero-order valence-electron chi connectivity index (χ0n) is 10.1. The first-order valence-electron chi connectivity index (χ1n) is 5.80. The van der Waals surface area contributed by atoms with E-state index < -0.39 is 0 Å². The number of thiophene rings is 1.